The second kappa shape index (κ2) is 8.06. The number of fused-ring (bicyclic) bond motifs is 1. The van der Waals surface area contributed by atoms with Gasteiger partial charge in [-0.2, -0.15) is 5.10 Å². The van der Waals surface area contributed by atoms with Crippen molar-refractivity contribution in [3.8, 4) is 0 Å². The summed E-state index contributed by atoms with van der Waals surface area (Å²) >= 11 is 0. The lowest BCUT2D eigenvalue weighted by molar-refractivity contribution is -0.126. The molecule has 152 valence electrons. The minimum atomic E-state index is -0.512. The first-order valence-corrected chi connectivity index (χ1v) is 10.1. The van der Waals surface area contributed by atoms with Crippen molar-refractivity contribution in [3.05, 3.63) is 46.8 Å². The van der Waals surface area contributed by atoms with Crippen LogP contribution in [0.5, 0.6) is 0 Å². The number of carbonyl (C=O) groups is 3. The van der Waals surface area contributed by atoms with Crippen molar-refractivity contribution in [2.75, 3.05) is 11.4 Å². The molecule has 1 saturated heterocycles. The fourth-order valence-corrected chi connectivity index (χ4v) is 3.99. The summed E-state index contributed by atoms with van der Waals surface area (Å²) < 4.78 is 0. The zero-order valence-electron chi connectivity index (χ0n) is 16.5. The molecule has 0 spiro atoms. The summed E-state index contributed by atoms with van der Waals surface area (Å²) in [6.07, 6.45) is 4.86. The van der Waals surface area contributed by atoms with Crippen LogP contribution in [0.1, 0.15) is 53.5 Å². The van der Waals surface area contributed by atoms with Crippen molar-refractivity contribution in [2.24, 2.45) is 5.92 Å². The molecule has 2 aliphatic rings. The fraction of sp³-hybridized carbons (Fsp3) is 0.429. The van der Waals surface area contributed by atoms with Gasteiger partial charge in [-0.15, -0.1) is 0 Å². The zero-order chi connectivity index (χ0) is 20.4. The van der Waals surface area contributed by atoms with E-state index in [-0.39, 0.29) is 18.2 Å². The Morgan fingerprint density at radius 2 is 1.93 bits per heavy atom. The fourth-order valence-electron chi connectivity index (χ4n) is 3.99. The molecule has 2 heterocycles. The maximum Gasteiger partial charge on any atom is 0.290 e. The molecule has 3 N–H and O–H groups in total. The van der Waals surface area contributed by atoms with Crippen LogP contribution in [0.4, 0.5) is 5.69 Å². The third-order valence-corrected chi connectivity index (χ3v) is 5.72. The number of benzene rings is 1. The summed E-state index contributed by atoms with van der Waals surface area (Å²) in [6.45, 7) is 2.37. The van der Waals surface area contributed by atoms with E-state index in [2.05, 4.69) is 28.0 Å². The monoisotopic (exact) mass is 395 g/mol. The molecule has 1 atom stereocenters. The van der Waals surface area contributed by atoms with Gasteiger partial charge in [-0.05, 0) is 49.8 Å². The lowest BCUT2D eigenvalue weighted by Gasteiger charge is -2.17. The molecule has 8 nitrogen and oxygen atoms in total. The minimum Gasteiger partial charge on any atom is -0.312 e. The number of hydrogen-bond donors (Lipinski definition) is 3. The van der Waals surface area contributed by atoms with Crippen LogP contribution < -0.4 is 15.8 Å². The third-order valence-electron chi connectivity index (χ3n) is 5.72. The van der Waals surface area contributed by atoms with Crippen molar-refractivity contribution >= 4 is 23.4 Å². The molecular weight excluding hydrogens is 370 g/mol. The highest BCUT2D eigenvalue weighted by atomic mass is 16.2. The summed E-state index contributed by atoms with van der Waals surface area (Å²) in [6, 6.07) is 7.78. The third kappa shape index (κ3) is 3.87. The Balaban J connectivity index is 1.34. The smallest absolute Gasteiger partial charge is 0.290 e. The molecule has 3 amide bonds. The molecule has 1 aliphatic carbocycles. The first-order valence-electron chi connectivity index (χ1n) is 10.1. The average molecular weight is 395 g/mol. The lowest BCUT2D eigenvalue weighted by Crippen LogP contribution is -2.45. The number of aromatic nitrogens is 2. The number of hydrazine groups is 1. The van der Waals surface area contributed by atoms with Gasteiger partial charge in [-0.25, -0.2) is 0 Å². The van der Waals surface area contributed by atoms with E-state index in [0.717, 1.165) is 49.0 Å². The van der Waals surface area contributed by atoms with Crippen LogP contribution in [0.3, 0.4) is 0 Å². The van der Waals surface area contributed by atoms with E-state index in [4.69, 9.17) is 0 Å². The van der Waals surface area contributed by atoms with Crippen molar-refractivity contribution in [2.45, 2.75) is 45.4 Å². The van der Waals surface area contributed by atoms with E-state index in [9.17, 15) is 14.4 Å². The number of anilines is 1. The van der Waals surface area contributed by atoms with Crippen LogP contribution in [-0.4, -0.2) is 34.5 Å². The highest BCUT2D eigenvalue weighted by Crippen LogP contribution is 2.26. The van der Waals surface area contributed by atoms with Crippen LogP contribution in [0.2, 0.25) is 0 Å². The Bertz CT molecular complexity index is 934. The molecule has 1 aromatic heterocycles. The van der Waals surface area contributed by atoms with Crippen LogP contribution in [0, 0.1) is 5.92 Å². The summed E-state index contributed by atoms with van der Waals surface area (Å²) in [5, 5.41) is 7.01. The van der Waals surface area contributed by atoms with Gasteiger partial charge in [-0.1, -0.05) is 19.1 Å². The van der Waals surface area contributed by atoms with E-state index in [1.807, 2.05) is 24.3 Å². The van der Waals surface area contributed by atoms with E-state index in [0.29, 0.717) is 12.2 Å². The quantitative estimate of drug-likeness (QED) is 0.685. The summed E-state index contributed by atoms with van der Waals surface area (Å²) in [7, 11) is 0. The summed E-state index contributed by atoms with van der Waals surface area (Å²) in [5.41, 5.74) is 9.15. The molecule has 1 aliphatic heterocycles. The molecule has 29 heavy (non-hydrogen) atoms. The number of nitrogens with zero attached hydrogens (tertiary/aromatic N) is 2. The highest BCUT2D eigenvalue weighted by molar-refractivity contribution is 6.01. The van der Waals surface area contributed by atoms with Crippen molar-refractivity contribution < 1.29 is 14.4 Å². The molecule has 4 rings (SSSR count). The van der Waals surface area contributed by atoms with Gasteiger partial charge in [0.2, 0.25) is 11.8 Å². The van der Waals surface area contributed by atoms with Gasteiger partial charge in [0.15, 0.2) is 5.69 Å². The lowest BCUT2D eigenvalue weighted by atomic mass is 9.96. The number of carbonyl (C=O) groups excluding carboxylic acids is 3. The number of aromatic amines is 1. The second-order valence-electron chi connectivity index (χ2n) is 7.61. The standard InChI is InChI=1S/C21H25N5O3/c1-2-13-7-9-15(10-8-13)26-12-14(11-18(26)27)20(28)24-25-21(29)19-16-5-3-4-6-17(16)22-23-19/h7-10,14H,2-6,11-12H2,1H3,(H,22,23)(H,24,28)(H,25,29)/t14-/m0/s1. The predicted molar refractivity (Wildman–Crippen MR) is 107 cm³/mol. The molecule has 1 fully saturated rings. The largest absolute Gasteiger partial charge is 0.312 e. The number of H-pyrrole nitrogens is 1. The van der Waals surface area contributed by atoms with E-state index in [1.54, 1.807) is 4.90 Å². The van der Waals surface area contributed by atoms with Gasteiger partial charge in [0, 0.05) is 29.9 Å². The normalized spacial score (nSPS) is 18.4. The summed E-state index contributed by atoms with van der Waals surface area (Å²) in [5.74, 6) is -1.42. The Hall–Kier alpha value is -3.16. The minimum absolute atomic E-state index is 0.0953. The Morgan fingerprint density at radius 3 is 2.69 bits per heavy atom. The molecule has 0 saturated carbocycles. The Morgan fingerprint density at radius 1 is 1.17 bits per heavy atom. The van der Waals surface area contributed by atoms with Crippen LogP contribution in [-0.2, 0) is 28.9 Å². The van der Waals surface area contributed by atoms with Crippen LogP contribution in [0.15, 0.2) is 24.3 Å². The van der Waals surface area contributed by atoms with Crippen LogP contribution >= 0.6 is 0 Å². The maximum atomic E-state index is 12.5. The molecular formula is C21H25N5O3. The maximum absolute atomic E-state index is 12.5. The van der Waals surface area contributed by atoms with Gasteiger partial charge in [0.1, 0.15) is 0 Å². The van der Waals surface area contributed by atoms with Gasteiger partial charge in [-0.3, -0.25) is 30.3 Å². The molecule has 0 unspecified atom stereocenters. The van der Waals surface area contributed by atoms with Gasteiger partial charge < -0.3 is 4.90 Å². The number of nitrogens with one attached hydrogen (secondary N) is 3. The predicted octanol–water partition coefficient (Wildman–Crippen LogP) is 1.66. The van der Waals surface area contributed by atoms with E-state index in [1.165, 1.54) is 5.56 Å². The van der Waals surface area contributed by atoms with Crippen LogP contribution in [0.25, 0.3) is 0 Å². The Kier molecular flexibility index (Phi) is 5.33. The second-order valence-corrected chi connectivity index (χ2v) is 7.61. The molecule has 0 bridgehead atoms. The van der Waals surface area contributed by atoms with Gasteiger partial charge in [0.25, 0.3) is 5.91 Å². The average Bonchev–Trinajstić information content (AvgIpc) is 3.35. The highest BCUT2D eigenvalue weighted by Gasteiger charge is 2.35. The SMILES string of the molecule is CCc1ccc(N2C[C@@H](C(=O)NNC(=O)c3n[nH]c4c3CCCC4)CC2=O)cc1. The van der Waals surface area contributed by atoms with E-state index >= 15 is 0 Å². The molecule has 8 heteroatoms. The van der Waals surface area contributed by atoms with E-state index < -0.39 is 11.8 Å². The first kappa shape index (κ1) is 19.2. The van der Waals surface area contributed by atoms with Crippen molar-refractivity contribution in [1.29, 1.82) is 0 Å². The first-order chi connectivity index (χ1) is 14.1. The van der Waals surface area contributed by atoms with Gasteiger partial charge >= 0.3 is 0 Å². The Labute approximate surface area is 169 Å². The number of rotatable bonds is 4. The number of hydrogen-bond acceptors (Lipinski definition) is 4. The molecule has 1 aromatic carbocycles. The molecule has 0 radical (unpaired) electrons. The number of amides is 3. The zero-order valence-corrected chi connectivity index (χ0v) is 16.5. The summed E-state index contributed by atoms with van der Waals surface area (Å²) in [4.78, 5) is 38.9. The van der Waals surface area contributed by atoms with Crippen molar-refractivity contribution in [1.82, 2.24) is 21.0 Å². The number of aryl methyl sites for hydroxylation is 2. The van der Waals surface area contributed by atoms with Gasteiger partial charge in [0.05, 0.1) is 5.92 Å². The molecule has 2 aromatic rings. The van der Waals surface area contributed by atoms with Crippen molar-refractivity contribution in [3.63, 3.8) is 0 Å². The topological polar surface area (TPSA) is 107 Å².